The first-order valence-electron chi connectivity index (χ1n) is 4.39. The van der Waals surface area contributed by atoms with Crippen LogP contribution in [0.5, 0.6) is 0 Å². The van der Waals surface area contributed by atoms with Gasteiger partial charge in [0, 0.05) is 10.0 Å². The van der Waals surface area contributed by atoms with E-state index in [9.17, 15) is 4.79 Å². The molecule has 1 unspecified atom stereocenters. The lowest BCUT2D eigenvalue weighted by Crippen LogP contribution is -2.07. The summed E-state index contributed by atoms with van der Waals surface area (Å²) < 4.78 is 5.87. The zero-order valence-corrected chi connectivity index (χ0v) is 9.59. The summed E-state index contributed by atoms with van der Waals surface area (Å²) in [7, 11) is 0. The summed E-state index contributed by atoms with van der Waals surface area (Å²) in [6.07, 6.45) is -0.635. The second kappa shape index (κ2) is 4.84. The van der Waals surface area contributed by atoms with E-state index < -0.39 is 6.10 Å². The fourth-order valence-electron chi connectivity index (χ4n) is 1.26. The highest BCUT2D eigenvalue weighted by atomic mass is 79.9. The number of H-pyrrole nitrogens is 1. The standard InChI is InChI=1S/C9H7BrN4O2/c10-7-3-1-6(2-4-7)8(16-5-15)9-11-13-14-12-9/h1-5,8H,(H,11,12,13,14). The molecule has 1 heterocycles. The molecule has 0 spiro atoms. The number of aromatic nitrogens is 4. The van der Waals surface area contributed by atoms with Gasteiger partial charge in [-0.15, -0.1) is 10.2 Å². The van der Waals surface area contributed by atoms with E-state index in [1.165, 1.54) is 0 Å². The van der Waals surface area contributed by atoms with E-state index >= 15 is 0 Å². The predicted molar refractivity (Wildman–Crippen MR) is 57.3 cm³/mol. The van der Waals surface area contributed by atoms with Crippen LogP contribution in [0.4, 0.5) is 0 Å². The van der Waals surface area contributed by atoms with Crippen molar-refractivity contribution in [3.8, 4) is 0 Å². The molecule has 1 N–H and O–H groups in total. The van der Waals surface area contributed by atoms with Crippen molar-refractivity contribution in [3.63, 3.8) is 0 Å². The highest BCUT2D eigenvalue weighted by Gasteiger charge is 2.19. The Bertz CT molecular complexity index is 457. The van der Waals surface area contributed by atoms with Crippen molar-refractivity contribution in [2.45, 2.75) is 6.10 Å². The molecule has 0 saturated carbocycles. The minimum absolute atomic E-state index is 0.314. The first-order valence-corrected chi connectivity index (χ1v) is 5.18. The van der Waals surface area contributed by atoms with Crippen molar-refractivity contribution >= 4 is 22.4 Å². The lowest BCUT2D eigenvalue weighted by atomic mass is 10.1. The lowest BCUT2D eigenvalue weighted by Gasteiger charge is -2.11. The summed E-state index contributed by atoms with van der Waals surface area (Å²) in [6.45, 7) is 0.364. The topological polar surface area (TPSA) is 80.8 Å². The van der Waals surface area contributed by atoms with Crippen molar-refractivity contribution in [2.24, 2.45) is 0 Å². The molecule has 82 valence electrons. The van der Waals surface area contributed by atoms with Gasteiger partial charge >= 0.3 is 0 Å². The van der Waals surface area contributed by atoms with E-state index in [-0.39, 0.29) is 0 Å². The Labute approximate surface area is 99.1 Å². The Balaban J connectivity index is 2.32. The van der Waals surface area contributed by atoms with Gasteiger partial charge in [0.15, 0.2) is 6.10 Å². The van der Waals surface area contributed by atoms with Gasteiger partial charge in [0.2, 0.25) is 5.82 Å². The summed E-state index contributed by atoms with van der Waals surface area (Å²) in [6, 6.07) is 7.32. The third-order valence-electron chi connectivity index (χ3n) is 1.96. The molecule has 1 aromatic carbocycles. The van der Waals surface area contributed by atoms with Gasteiger partial charge in [-0.1, -0.05) is 33.3 Å². The van der Waals surface area contributed by atoms with Gasteiger partial charge in [-0.2, -0.15) is 5.21 Å². The van der Waals surface area contributed by atoms with Crippen LogP contribution in [0, 0.1) is 0 Å². The lowest BCUT2D eigenvalue weighted by molar-refractivity contribution is -0.132. The summed E-state index contributed by atoms with van der Waals surface area (Å²) in [5.74, 6) is 0.314. The predicted octanol–water partition coefficient (Wildman–Crippen LogP) is 1.22. The number of hydrogen-bond donors (Lipinski definition) is 1. The van der Waals surface area contributed by atoms with Gasteiger partial charge in [0.05, 0.1) is 0 Å². The van der Waals surface area contributed by atoms with Gasteiger partial charge in [-0.25, -0.2) is 0 Å². The van der Waals surface area contributed by atoms with Crippen molar-refractivity contribution < 1.29 is 9.53 Å². The summed E-state index contributed by atoms with van der Waals surface area (Å²) in [5, 5.41) is 13.3. The second-order valence-corrected chi connectivity index (χ2v) is 3.85. The number of carbonyl (C=O) groups is 1. The van der Waals surface area contributed by atoms with Crippen molar-refractivity contribution in [2.75, 3.05) is 0 Å². The zero-order valence-electron chi connectivity index (χ0n) is 8.00. The molecule has 2 aromatic rings. The number of nitrogens with zero attached hydrogens (tertiary/aromatic N) is 3. The molecule has 2 rings (SSSR count). The van der Waals surface area contributed by atoms with Crippen LogP contribution in [-0.4, -0.2) is 27.1 Å². The van der Waals surface area contributed by atoms with E-state index in [1.807, 2.05) is 24.3 Å². The Morgan fingerprint density at radius 1 is 1.38 bits per heavy atom. The Morgan fingerprint density at radius 3 is 2.69 bits per heavy atom. The average molecular weight is 283 g/mol. The van der Waals surface area contributed by atoms with Crippen LogP contribution in [0.15, 0.2) is 28.7 Å². The molecular weight excluding hydrogens is 276 g/mol. The summed E-state index contributed by atoms with van der Waals surface area (Å²) in [4.78, 5) is 10.4. The van der Waals surface area contributed by atoms with Crippen LogP contribution in [0.1, 0.15) is 17.5 Å². The molecule has 6 nitrogen and oxygen atoms in total. The molecule has 1 aromatic heterocycles. The highest BCUT2D eigenvalue weighted by Crippen LogP contribution is 2.23. The molecular formula is C9H7BrN4O2. The first kappa shape index (κ1) is 10.7. The maximum Gasteiger partial charge on any atom is 0.294 e. The third kappa shape index (κ3) is 2.25. The van der Waals surface area contributed by atoms with Gasteiger partial charge in [0.1, 0.15) is 0 Å². The number of nitrogens with one attached hydrogen (secondary N) is 1. The number of carbonyl (C=O) groups excluding carboxylic acids is 1. The smallest absolute Gasteiger partial charge is 0.294 e. The maximum atomic E-state index is 10.4. The Morgan fingerprint density at radius 2 is 2.12 bits per heavy atom. The van der Waals surface area contributed by atoms with E-state index in [0.717, 1.165) is 10.0 Å². The first-order chi connectivity index (χ1) is 7.81. The Kier molecular flexibility index (Phi) is 3.25. The summed E-state index contributed by atoms with van der Waals surface area (Å²) >= 11 is 3.32. The van der Waals surface area contributed by atoms with Crippen LogP contribution >= 0.6 is 15.9 Å². The fourth-order valence-corrected chi connectivity index (χ4v) is 1.53. The number of aromatic amines is 1. The molecule has 7 heteroatoms. The molecule has 0 saturated heterocycles. The van der Waals surface area contributed by atoms with Gasteiger partial charge in [-0.05, 0) is 12.1 Å². The van der Waals surface area contributed by atoms with E-state index in [2.05, 4.69) is 36.6 Å². The molecule has 0 amide bonds. The van der Waals surface area contributed by atoms with Crippen LogP contribution in [0.2, 0.25) is 0 Å². The third-order valence-corrected chi connectivity index (χ3v) is 2.49. The van der Waals surface area contributed by atoms with E-state index in [1.54, 1.807) is 0 Å². The van der Waals surface area contributed by atoms with Crippen molar-refractivity contribution in [1.82, 2.24) is 20.6 Å². The molecule has 1 atom stereocenters. The van der Waals surface area contributed by atoms with Crippen molar-refractivity contribution in [3.05, 3.63) is 40.1 Å². The average Bonchev–Trinajstić information content (AvgIpc) is 2.81. The van der Waals surface area contributed by atoms with Gasteiger partial charge in [-0.3, -0.25) is 4.79 Å². The van der Waals surface area contributed by atoms with Crippen LogP contribution < -0.4 is 0 Å². The molecule has 0 bridgehead atoms. The number of ether oxygens (including phenoxy) is 1. The van der Waals surface area contributed by atoms with Crippen LogP contribution in [0.3, 0.4) is 0 Å². The fraction of sp³-hybridized carbons (Fsp3) is 0.111. The Hall–Kier alpha value is -1.76. The maximum absolute atomic E-state index is 10.4. The number of benzene rings is 1. The highest BCUT2D eigenvalue weighted by molar-refractivity contribution is 9.10. The van der Waals surface area contributed by atoms with Crippen molar-refractivity contribution in [1.29, 1.82) is 0 Å². The van der Waals surface area contributed by atoms with Crippen LogP contribution in [0.25, 0.3) is 0 Å². The monoisotopic (exact) mass is 282 g/mol. The molecule has 0 aliphatic rings. The quantitative estimate of drug-likeness (QED) is 0.853. The van der Waals surface area contributed by atoms with E-state index in [0.29, 0.717) is 12.3 Å². The minimum Gasteiger partial charge on any atom is -0.451 e. The number of halogens is 1. The molecule has 0 aliphatic heterocycles. The van der Waals surface area contributed by atoms with E-state index in [4.69, 9.17) is 4.74 Å². The zero-order chi connectivity index (χ0) is 11.4. The van der Waals surface area contributed by atoms with Gasteiger partial charge < -0.3 is 4.74 Å². The number of rotatable bonds is 4. The molecule has 0 radical (unpaired) electrons. The molecule has 16 heavy (non-hydrogen) atoms. The number of hydrogen-bond acceptors (Lipinski definition) is 5. The SMILES string of the molecule is O=COC(c1ccc(Br)cc1)c1nn[nH]n1. The van der Waals surface area contributed by atoms with Gasteiger partial charge in [0.25, 0.3) is 6.47 Å². The molecule has 0 fully saturated rings. The van der Waals surface area contributed by atoms with Crippen LogP contribution in [-0.2, 0) is 9.53 Å². The summed E-state index contributed by atoms with van der Waals surface area (Å²) in [5.41, 5.74) is 0.775. The normalized spacial score (nSPS) is 12.1. The molecule has 0 aliphatic carbocycles. The number of tetrazole rings is 1. The largest absolute Gasteiger partial charge is 0.451 e. The second-order valence-electron chi connectivity index (χ2n) is 2.93. The minimum atomic E-state index is -0.635.